The van der Waals surface area contributed by atoms with Crippen LogP contribution >= 0.6 is 24.0 Å². The zero-order valence-corrected chi connectivity index (χ0v) is 19.3. The third-order valence-electron chi connectivity index (χ3n) is 3.37. The zero-order chi connectivity index (χ0) is 18.8. The second-order valence-corrected chi connectivity index (χ2v) is 7.25. The molecule has 7 heteroatoms. The molecule has 0 aromatic heterocycles. The molecule has 6 nitrogen and oxygen atoms in total. The van der Waals surface area contributed by atoms with Gasteiger partial charge < -0.3 is 19.9 Å². The Kier molecular flexibility index (Phi) is 13.9. The first-order valence-corrected chi connectivity index (χ1v) is 8.57. The van der Waals surface area contributed by atoms with Gasteiger partial charge in [0.2, 0.25) is 0 Å². The lowest BCUT2D eigenvalue weighted by Crippen LogP contribution is -2.43. The molecule has 1 amide bonds. The number of rotatable bonds is 8. The molecule has 0 fully saturated rings. The van der Waals surface area contributed by atoms with Gasteiger partial charge in [0.25, 0.3) is 0 Å². The Morgan fingerprint density at radius 2 is 1.92 bits per heavy atom. The number of allylic oxidation sites excluding steroid dienone is 1. The molecule has 25 heavy (non-hydrogen) atoms. The molecule has 0 saturated heterocycles. The summed E-state index contributed by atoms with van der Waals surface area (Å²) in [7, 11) is 5.57. The molecular formula is C18H37IN4O2. The van der Waals surface area contributed by atoms with Gasteiger partial charge in [-0.25, -0.2) is 4.79 Å². The van der Waals surface area contributed by atoms with Crippen molar-refractivity contribution in [3.8, 4) is 0 Å². The van der Waals surface area contributed by atoms with E-state index >= 15 is 0 Å². The van der Waals surface area contributed by atoms with Gasteiger partial charge in [-0.05, 0) is 39.5 Å². The van der Waals surface area contributed by atoms with E-state index < -0.39 is 5.60 Å². The highest BCUT2D eigenvalue weighted by molar-refractivity contribution is 14.0. The van der Waals surface area contributed by atoms with Gasteiger partial charge in [0.1, 0.15) is 5.60 Å². The number of guanidine groups is 1. The Balaban J connectivity index is 0. The summed E-state index contributed by atoms with van der Waals surface area (Å²) in [5.74, 6) is 1.15. The molecule has 0 aliphatic carbocycles. The minimum absolute atomic E-state index is 0. The fourth-order valence-corrected chi connectivity index (χ4v) is 2.18. The minimum Gasteiger partial charge on any atom is -0.444 e. The van der Waals surface area contributed by atoms with Crippen LogP contribution in [0, 0.1) is 5.92 Å². The van der Waals surface area contributed by atoms with E-state index in [0.29, 0.717) is 6.54 Å². The number of nitrogens with zero attached hydrogens (tertiary/aromatic N) is 3. The summed E-state index contributed by atoms with van der Waals surface area (Å²) in [5.41, 5.74) is -0.469. The van der Waals surface area contributed by atoms with Gasteiger partial charge in [0, 0.05) is 40.8 Å². The van der Waals surface area contributed by atoms with Crippen LogP contribution in [0.15, 0.2) is 17.6 Å². The number of halogens is 1. The molecule has 0 heterocycles. The normalized spacial score (nSPS) is 12.7. The first-order chi connectivity index (χ1) is 11.1. The molecule has 1 atom stereocenters. The number of hydrogen-bond acceptors (Lipinski definition) is 3. The molecule has 0 aromatic carbocycles. The maximum absolute atomic E-state index is 12.0. The number of ether oxygens (including phenoxy) is 1. The molecule has 0 aromatic rings. The van der Waals surface area contributed by atoms with Gasteiger partial charge >= 0.3 is 6.09 Å². The van der Waals surface area contributed by atoms with E-state index in [1.807, 2.05) is 33.9 Å². The topological polar surface area (TPSA) is 57.2 Å². The van der Waals surface area contributed by atoms with Crippen molar-refractivity contribution in [3.63, 3.8) is 0 Å². The fourth-order valence-electron chi connectivity index (χ4n) is 2.18. The van der Waals surface area contributed by atoms with Crippen molar-refractivity contribution in [2.75, 3.05) is 40.8 Å². The molecule has 0 aliphatic rings. The van der Waals surface area contributed by atoms with Gasteiger partial charge in [0.05, 0.1) is 0 Å². The Morgan fingerprint density at radius 3 is 2.40 bits per heavy atom. The van der Waals surface area contributed by atoms with Gasteiger partial charge in [-0.1, -0.05) is 13.0 Å². The van der Waals surface area contributed by atoms with Gasteiger partial charge in [-0.15, -0.1) is 30.6 Å². The van der Waals surface area contributed by atoms with Gasteiger partial charge in [-0.3, -0.25) is 4.99 Å². The largest absolute Gasteiger partial charge is 0.444 e. The summed E-state index contributed by atoms with van der Waals surface area (Å²) < 4.78 is 5.37. The molecule has 0 rings (SSSR count). The lowest BCUT2D eigenvalue weighted by atomic mass is 10.1. The molecule has 0 bridgehead atoms. The Labute approximate surface area is 171 Å². The Bertz CT molecular complexity index is 422. The van der Waals surface area contributed by atoms with Crippen LogP contribution in [0.1, 0.15) is 40.5 Å². The van der Waals surface area contributed by atoms with E-state index in [9.17, 15) is 4.79 Å². The predicted octanol–water partition coefficient (Wildman–Crippen LogP) is 3.58. The minimum atomic E-state index is -0.469. The van der Waals surface area contributed by atoms with E-state index in [2.05, 4.69) is 28.7 Å². The van der Waals surface area contributed by atoms with E-state index in [1.54, 1.807) is 19.0 Å². The van der Waals surface area contributed by atoms with Crippen LogP contribution < -0.4 is 5.32 Å². The first-order valence-electron chi connectivity index (χ1n) is 8.57. The molecule has 0 aliphatic heterocycles. The quantitative estimate of drug-likeness (QED) is 0.195. The number of nitrogens with one attached hydrogen (secondary N) is 1. The molecule has 1 N–H and O–H groups in total. The van der Waals surface area contributed by atoms with Crippen molar-refractivity contribution >= 4 is 36.0 Å². The van der Waals surface area contributed by atoms with Crippen LogP contribution in [0.5, 0.6) is 0 Å². The van der Waals surface area contributed by atoms with Gasteiger partial charge in [-0.2, -0.15) is 0 Å². The average molecular weight is 468 g/mol. The fraction of sp³-hybridized carbons (Fsp3) is 0.778. The van der Waals surface area contributed by atoms with E-state index in [-0.39, 0.29) is 36.0 Å². The zero-order valence-electron chi connectivity index (χ0n) is 17.0. The standard InChI is InChI=1S/C18H36N4O2.HI/c1-9-10-11-12-21(7)16(19-6)20-13-15(2)14-22(8)17(23)24-18(3,4)5;/h9,15H,1,10-14H2,2-8H3,(H,19,20);1H. The predicted molar refractivity (Wildman–Crippen MR) is 117 cm³/mol. The lowest BCUT2D eigenvalue weighted by molar-refractivity contribution is 0.0278. The van der Waals surface area contributed by atoms with Crippen molar-refractivity contribution in [1.82, 2.24) is 15.1 Å². The number of carbonyl (C=O) groups is 1. The molecule has 148 valence electrons. The van der Waals surface area contributed by atoms with Crippen LogP contribution in [-0.2, 0) is 4.74 Å². The van der Waals surface area contributed by atoms with Crippen molar-refractivity contribution in [2.45, 2.75) is 46.1 Å². The second-order valence-electron chi connectivity index (χ2n) is 7.25. The molecular weight excluding hydrogens is 431 g/mol. The molecule has 0 spiro atoms. The average Bonchev–Trinajstić information content (AvgIpc) is 2.46. The summed E-state index contributed by atoms with van der Waals surface area (Å²) in [5, 5.41) is 3.36. The monoisotopic (exact) mass is 468 g/mol. The lowest BCUT2D eigenvalue weighted by Gasteiger charge is -2.27. The summed E-state index contributed by atoms with van der Waals surface area (Å²) in [4.78, 5) is 20.0. The van der Waals surface area contributed by atoms with Crippen molar-refractivity contribution in [2.24, 2.45) is 10.9 Å². The van der Waals surface area contributed by atoms with Crippen LogP contribution in [0.4, 0.5) is 4.79 Å². The van der Waals surface area contributed by atoms with E-state index in [4.69, 9.17) is 4.74 Å². The SMILES string of the molecule is C=CCCCN(C)C(=NC)NCC(C)CN(C)C(=O)OC(C)(C)C.I. The number of hydrogen-bond donors (Lipinski definition) is 1. The summed E-state index contributed by atoms with van der Waals surface area (Å²) >= 11 is 0. The molecule has 0 saturated carbocycles. The van der Waals surface area contributed by atoms with Crippen molar-refractivity contribution in [1.29, 1.82) is 0 Å². The van der Waals surface area contributed by atoms with E-state index in [0.717, 1.165) is 31.9 Å². The highest BCUT2D eigenvalue weighted by Gasteiger charge is 2.20. The van der Waals surface area contributed by atoms with Crippen molar-refractivity contribution < 1.29 is 9.53 Å². The molecule has 1 unspecified atom stereocenters. The summed E-state index contributed by atoms with van der Waals surface area (Å²) in [6, 6.07) is 0. The molecule has 0 radical (unpaired) electrons. The summed E-state index contributed by atoms with van der Waals surface area (Å²) in [6.07, 6.45) is 3.69. The number of carbonyl (C=O) groups excluding carboxylic acids is 1. The van der Waals surface area contributed by atoms with Crippen molar-refractivity contribution in [3.05, 3.63) is 12.7 Å². The van der Waals surface area contributed by atoms with Crippen LogP contribution in [0.25, 0.3) is 0 Å². The van der Waals surface area contributed by atoms with Gasteiger partial charge in [0.15, 0.2) is 5.96 Å². The number of aliphatic imine (C=N–C) groups is 1. The maximum atomic E-state index is 12.0. The second kappa shape index (κ2) is 13.2. The summed E-state index contributed by atoms with van der Waals surface area (Å²) in [6.45, 7) is 13.7. The van der Waals surface area contributed by atoms with Crippen LogP contribution in [0.3, 0.4) is 0 Å². The Hall–Kier alpha value is -0.990. The highest BCUT2D eigenvalue weighted by atomic mass is 127. The maximum Gasteiger partial charge on any atom is 0.410 e. The van der Waals surface area contributed by atoms with E-state index in [1.165, 1.54) is 0 Å². The Morgan fingerprint density at radius 1 is 1.32 bits per heavy atom. The van der Waals surface area contributed by atoms with Crippen LogP contribution in [-0.4, -0.2) is 68.2 Å². The third-order valence-corrected chi connectivity index (χ3v) is 3.37. The van der Waals surface area contributed by atoms with Crippen LogP contribution in [0.2, 0.25) is 0 Å². The number of amides is 1. The third kappa shape index (κ3) is 12.9. The highest BCUT2D eigenvalue weighted by Crippen LogP contribution is 2.10. The first kappa shape index (κ1) is 26.2. The smallest absolute Gasteiger partial charge is 0.410 e. The number of unbranched alkanes of at least 4 members (excludes halogenated alkanes) is 1.